The SMILES string of the molecule is C[CH2][Ge]([CH2]C)([O]C(=O)c1ccccn1)[O]C(=O)c1ccccn1. The molecule has 2 aromatic heterocycles. The van der Waals surface area contributed by atoms with Crippen molar-refractivity contribution in [3.63, 3.8) is 0 Å². The van der Waals surface area contributed by atoms with Crippen LogP contribution in [0.15, 0.2) is 48.8 Å². The summed E-state index contributed by atoms with van der Waals surface area (Å²) < 4.78 is 11.3. The molecule has 0 spiro atoms. The molecule has 6 nitrogen and oxygen atoms in total. The van der Waals surface area contributed by atoms with Gasteiger partial charge in [0.25, 0.3) is 0 Å². The van der Waals surface area contributed by atoms with Crippen molar-refractivity contribution in [1.29, 1.82) is 0 Å². The van der Waals surface area contributed by atoms with Gasteiger partial charge in [0.2, 0.25) is 0 Å². The van der Waals surface area contributed by atoms with Crippen molar-refractivity contribution in [3.8, 4) is 0 Å². The molecule has 7 heteroatoms. The number of pyridine rings is 2. The first-order valence-corrected chi connectivity index (χ1v) is 12.1. The zero-order valence-electron chi connectivity index (χ0n) is 13.1. The molecule has 120 valence electrons. The summed E-state index contributed by atoms with van der Waals surface area (Å²) in [7, 11) is 0. The van der Waals surface area contributed by atoms with Gasteiger partial charge >= 0.3 is 137 Å². The fourth-order valence-corrected chi connectivity index (χ4v) is 6.17. The van der Waals surface area contributed by atoms with Crippen molar-refractivity contribution in [3.05, 3.63) is 60.2 Å². The van der Waals surface area contributed by atoms with Crippen molar-refractivity contribution in [1.82, 2.24) is 9.97 Å². The number of hydrogen-bond donors (Lipinski definition) is 0. The predicted molar refractivity (Wildman–Crippen MR) is 86.0 cm³/mol. The quantitative estimate of drug-likeness (QED) is 0.723. The minimum atomic E-state index is -3.60. The molecule has 0 fully saturated rings. The van der Waals surface area contributed by atoms with E-state index in [9.17, 15) is 9.59 Å². The molecule has 0 aliphatic rings. The Morgan fingerprint density at radius 3 is 1.61 bits per heavy atom. The molecule has 2 heterocycles. The van der Waals surface area contributed by atoms with Gasteiger partial charge in [0.1, 0.15) is 0 Å². The third kappa shape index (κ3) is 4.38. The van der Waals surface area contributed by atoms with Crippen molar-refractivity contribution in [2.45, 2.75) is 24.4 Å². The molecule has 0 aliphatic carbocycles. The normalized spacial score (nSPS) is 10.9. The average molecular weight is 375 g/mol. The molecule has 2 aromatic rings. The Hall–Kier alpha value is -2.22. The van der Waals surface area contributed by atoms with Crippen molar-refractivity contribution < 1.29 is 17.1 Å². The molecule has 0 saturated heterocycles. The van der Waals surface area contributed by atoms with Gasteiger partial charge in [-0.1, -0.05) is 0 Å². The summed E-state index contributed by atoms with van der Waals surface area (Å²) in [6.07, 6.45) is 3.03. The Morgan fingerprint density at radius 2 is 1.30 bits per heavy atom. The third-order valence-electron chi connectivity index (χ3n) is 3.38. The first-order chi connectivity index (χ1) is 11.1. The maximum absolute atomic E-state index is 12.3. The van der Waals surface area contributed by atoms with Gasteiger partial charge in [-0.05, 0) is 0 Å². The summed E-state index contributed by atoms with van der Waals surface area (Å²) in [5, 5.41) is 1.02. The van der Waals surface area contributed by atoms with Crippen molar-refractivity contribution in [2.24, 2.45) is 0 Å². The topological polar surface area (TPSA) is 78.4 Å². The first kappa shape index (κ1) is 17.1. The van der Waals surface area contributed by atoms with Gasteiger partial charge in [-0.3, -0.25) is 0 Å². The number of rotatable bonds is 6. The second-order valence-corrected chi connectivity index (χ2v) is 12.5. The molecule has 0 aliphatic heterocycles. The Kier molecular flexibility index (Phi) is 5.86. The van der Waals surface area contributed by atoms with Gasteiger partial charge < -0.3 is 0 Å². The van der Waals surface area contributed by atoms with E-state index in [1.807, 2.05) is 13.8 Å². The van der Waals surface area contributed by atoms with E-state index in [1.165, 1.54) is 12.4 Å². The molecule has 0 atom stereocenters. The Labute approximate surface area is 137 Å². The molecule has 0 bridgehead atoms. The number of nitrogens with zero attached hydrogens (tertiary/aromatic N) is 2. The summed E-state index contributed by atoms with van der Waals surface area (Å²) in [5.74, 6) is -1.11. The van der Waals surface area contributed by atoms with E-state index < -0.39 is 25.9 Å². The Morgan fingerprint density at radius 1 is 0.870 bits per heavy atom. The minimum absolute atomic E-state index is 0.207. The van der Waals surface area contributed by atoms with Crippen LogP contribution in [0.4, 0.5) is 0 Å². The second kappa shape index (κ2) is 7.87. The zero-order valence-corrected chi connectivity index (χ0v) is 15.2. The molecule has 0 saturated carbocycles. The average Bonchev–Trinajstić information content (AvgIpc) is 2.62. The van der Waals surface area contributed by atoms with Crippen LogP contribution in [0.3, 0.4) is 0 Å². The standard InChI is InChI=1S/C16H18GeN2O4/c1-3-17(4-2,22-15(20)13-9-5-7-11-18-13)23-16(21)14-10-6-8-12-19-14/h5-12H,3-4H2,1-2H3. The Balaban J connectivity index is 2.15. The molecule has 2 rings (SSSR count). The van der Waals surface area contributed by atoms with Crippen LogP contribution < -0.4 is 0 Å². The maximum atomic E-state index is 12.3. The van der Waals surface area contributed by atoms with Crippen LogP contribution in [0.1, 0.15) is 34.8 Å². The molecule has 0 N–H and O–H groups in total. The van der Waals surface area contributed by atoms with Crippen LogP contribution in [-0.2, 0) is 7.53 Å². The number of carbonyl (C=O) groups excluding carboxylic acids is 2. The third-order valence-corrected chi connectivity index (χ3v) is 10.2. The predicted octanol–water partition coefficient (Wildman–Crippen LogP) is 2.97. The van der Waals surface area contributed by atoms with E-state index >= 15 is 0 Å². The monoisotopic (exact) mass is 376 g/mol. The number of hydrogen-bond acceptors (Lipinski definition) is 6. The molecular formula is C16H18GeN2O4. The van der Waals surface area contributed by atoms with E-state index in [1.54, 1.807) is 36.4 Å². The molecule has 23 heavy (non-hydrogen) atoms. The van der Waals surface area contributed by atoms with Gasteiger partial charge in [0.05, 0.1) is 0 Å². The van der Waals surface area contributed by atoms with Gasteiger partial charge in [0, 0.05) is 0 Å². The first-order valence-electron chi connectivity index (χ1n) is 7.39. The van der Waals surface area contributed by atoms with Gasteiger partial charge in [0.15, 0.2) is 0 Å². The summed E-state index contributed by atoms with van der Waals surface area (Å²) in [6, 6.07) is 9.98. The van der Waals surface area contributed by atoms with Crippen molar-refractivity contribution in [2.75, 3.05) is 0 Å². The number of aromatic nitrogens is 2. The number of carbonyl (C=O) groups is 2. The Bertz CT molecular complexity index is 605. The van der Waals surface area contributed by atoms with Crippen molar-refractivity contribution >= 4 is 25.9 Å². The van der Waals surface area contributed by atoms with Gasteiger partial charge in [-0.15, -0.1) is 0 Å². The van der Waals surface area contributed by atoms with Crippen LogP contribution in [0.25, 0.3) is 0 Å². The summed E-state index contributed by atoms with van der Waals surface area (Å²) in [4.78, 5) is 32.4. The van der Waals surface area contributed by atoms with E-state index in [0.717, 1.165) is 0 Å². The van der Waals surface area contributed by atoms with Crippen LogP contribution in [-0.4, -0.2) is 35.8 Å². The van der Waals surface area contributed by atoms with Gasteiger partial charge in [-0.2, -0.15) is 0 Å². The van der Waals surface area contributed by atoms with Gasteiger partial charge in [-0.25, -0.2) is 0 Å². The van der Waals surface area contributed by atoms with E-state index in [2.05, 4.69) is 9.97 Å². The molecule has 0 radical (unpaired) electrons. The van der Waals surface area contributed by atoms with E-state index in [0.29, 0.717) is 10.5 Å². The molecular weight excluding hydrogens is 357 g/mol. The summed E-state index contributed by atoms with van der Waals surface area (Å²) in [5.41, 5.74) is 0.413. The zero-order chi connectivity index (χ0) is 16.7. The summed E-state index contributed by atoms with van der Waals surface area (Å²) >= 11 is -3.60. The van der Waals surface area contributed by atoms with E-state index in [-0.39, 0.29) is 11.4 Å². The van der Waals surface area contributed by atoms with Crippen LogP contribution >= 0.6 is 0 Å². The fraction of sp³-hybridized carbons (Fsp3) is 0.250. The van der Waals surface area contributed by atoms with Crippen LogP contribution in [0.2, 0.25) is 10.5 Å². The second-order valence-electron chi connectivity index (χ2n) is 4.83. The molecule has 0 unspecified atom stereocenters. The molecule has 0 amide bonds. The van der Waals surface area contributed by atoms with Crippen LogP contribution in [0, 0.1) is 0 Å². The fourth-order valence-electron chi connectivity index (χ4n) is 1.97. The van der Waals surface area contributed by atoms with Crippen LogP contribution in [0.5, 0.6) is 0 Å². The van der Waals surface area contributed by atoms with E-state index in [4.69, 9.17) is 7.53 Å². The molecule has 0 aromatic carbocycles. The summed E-state index contributed by atoms with van der Waals surface area (Å²) in [6.45, 7) is 3.72.